The molecule has 1 aliphatic carbocycles. The monoisotopic (exact) mass is 597 g/mol. The molecule has 2 aromatic carbocycles. The summed E-state index contributed by atoms with van der Waals surface area (Å²) < 4.78 is 52.6. The molecule has 13 heteroatoms. The van der Waals surface area contributed by atoms with Crippen molar-refractivity contribution in [1.82, 2.24) is 9.58 Å². The van der Waals surface area contributed by atoms with Crippen molar-refractivity contribution in [2.45, 2.75) is 41.7 Å². The van der Waals surface area contributed by atoms with Crippen LogP contribution >= 0.6 is 11.8 Å². The standard InChI is InChI=1S/C29H25F2N3O7S/c1-38-28(37)40-14-39-26-21(35)10-20(34-25(26)27(36)33-13-29(6-7-29)41-11-23(33)32-34)17-9-19(30)24(31)18-12-42-22-5-3-2-4-15(22)8-16(17)18/h2-5,9-10,23,32H,6-8,11-14H2,1H3/t23-/m0/s1. The van der Waals surface area contributed by atoms with E-state index < -0.39 is 47.7 Å². The number of fused-ring (bicyclic) bond motifs is 4. The van der Waals surface area contributed by atoms with Crippen LogP contribution in [0.1, 0.15) is 40.0 Å². The number of aromatic nitrogens is 1. The summed E-state index contributed by atoms with van der Waals surface area (Å²) in [5.74, 6) is -2.69. The molecule has 10 nitrogen and oxygen atoms in total. The van der Waals surface area contributed by atoms with Gasteiger partial charge in [-0.3, -0.25) is 9.59 Å². The lowest BCUT2D eigenvalue weighted by molar-refractivity contribution is -0.0665. The van der Waals surface area contributed by atoms with Gasteiger partial charge in [-0.2, -0.15) is 0 Å². The van der Waals surface area contributed by atoms with Crippen molar-refractivity contribution in [2.75, 3.05) is 32.5 Å². The number of nitrogens with zero attached hydrogens (tertiary/aromatic N) is 2. The Hall–Kier alpha value is -4.10. The first-order valence-corrected chi connectivity index (χ1v) is 14.3. The maximum atomic E-state index is 15.2. The van der Waals surface area contributed by atoms with Gasteiger partial charge < -0.3 is 29.3 Å². The molecule has 1 N–H and O–H groups in total. The lowest BCUT2D eigenvalue weighted by Crippen LogP contribution is -2.62. The number of amides is 1. The van der Waals surface area contributed by atoms with E-state index in [1.165, 1.54) is 22.5 Å². The SMILES string of the molecule is COC(=O)OCOc1c2n(c(-c3cc(F)c(F)c4c3Cc3ccccc3SC4)cc1=O)N[C@@H]1COC3(CC3)CN1C2=O. The van der Waals surface area contributed by atoms with Crippen LogP contribution in [0.15, 0.2) is 46.1 Å². The lowest BCUT2D eigenvalue weighted by atomic mass is 9.92. The number of rotatable bonds is 4. The number of benzene rings is 2. The third-order valence-electron chi connectivity index (χ3n) is 8.07. The van der Waals surface area contributed by atoms with Crippen LogP contribution in [-0.2, 0) is 26.4 Å². The molecule has 1 saturated carbocycles. The van der Waals surface area contributed by atoms with Crippen LogP contribution in [-0.4, -0.2) is 60.5 Å². The molecule has 1 aromatic heterocycles. The number of ether oxygens (including phenoxy) is 4. The van der Waals surface area contributed by atoms with E-state index in [9.17, 15) is 14.4 Å². The molecule has 1 amide bonds. The molecule has 4 heterocycles. The molecule has 4 aliphatic rings. The summed E-state index contributed by atoms with van der Waals surface area (Å²) in [5, 5.41) is 0. The number of carbonyl (C=O) groups is 2. The number of nitrogens with one attached hydrogen (secondary N) is 1. The summed E-state index contributed by atoms with van der Waals surface area (Å²) in [6.45, 7) is -0.181. The van der Waals surface area contributed by atoms with E-state index in [0.29, 0.717) is 12.1 Å². The van der Waals surface area contributed by atoms with Gasteiger partial charge in [-0.1, -0.05) is 18.2 Å². The Morgan fingerprint density at radius 3 is 2.79 bits per heavy atom. The number of methoxy groups -OCH3 is 1. The van der Waals surface area contributed by atoms with Crippen molar-refractivity contribution in [3.8, 4) is 17.0 Å². The molecule has 2 fully saturated rings. The van der Waals surface area contributed by atoms with Crippen molar-refractivity contribution in [3.63, 3.8) is 0 Å². The Morgan fingerprint density at radius 1 is 1.19 bits per heavy atom. The summed E-state index contributed by atoms with van der Waals surface area (Å²) in [6.07, 6.45) is 0.295. The fraction of sp³-hybridized carbons (Fsp3) is 0.345. The highest BCUT2D eigenvalue weighted by Crippen LogP contribution is 2.45. The van der Waals surface area contributed by atoms with Gasteiger partial charge >= 0.3 is 6.16 Å². The van der Waals surface area contributed by atoms with Crippen LogP contribution in [0.3, 0.4) is 0 Å². The first-order chi connectivity index (χ1) is 20.3. The number of hydrogen-bond acceptors (Lipinski definition) is 9. The number of pyridine rings is 1. The van der Waals surface area contributed by atoms with Gasteiger partial charge in [0.25, 0.3) is 5.91 Å². The van der Waals surface area contributed by atoms with Crippen LogP contribution in [0.2, 0.25) is 0 Å². The topological polar surface area (TPSA) is 108 Å². The molecule has 218 valence electrons. The molecule has 0 radical (unpaired) electrons. The molecule has 7 rings (SSSR count). The van der Waals surface area contributed by atoms with Crippen molar-refractivity contribution < 1.29 is 37.3 Å². The summed E-state index contributed by atoms with van der Waals surface area (Å²) in [6, 6.07) is 9.88. The number of thioether (sulfide) groups is 1. The molecular weight excluding hydrogens is 572 g/mol. The van der Waals surface area contributed by atoms with E-state index in [2.05, 4.69) is 10.2 Å². The van der Waals surface area contributed by atoms with E-state index in [4.69, 9.17) is 14.2 Å². The third kappa shape index (κ3) is 4.38. The fourth-order valence-electron chi connectivity index (χ4n) is 5.74. The largest absolute Gasteiger partial charge is 0.510 e. The van der Waals surface area contributed by atoms with Crippen molar-refractivity contribution in [3.05, 3.63) is 80.6 Å². The van der Waals surface area contributed by atoms with E-state index in [0.717, 1.165) is 36.5 Å². The first kappa shape index (κ1) is 26.8. The summed E-state index contributed by atoms with van der Waals surface area (Å²) >= 11 is 1.41. The van der Waals surface area contributed by atoms with E-state index >= 15 is 8.78 Å². The molecule has 3 aliphatic heterocycles. The summed E-state index contributed by atoms with van der Waals surface area (Å²) in [4.78, 5) is 41.6. The van der Waals surface area contributed by atoms with Crippen molar-refractivity contribution in [2.24, 2.45) is 0 Å². The van der Waals surface area contributed by atoms with E-state index in [-0.39, 0.29) is 47.0 Å². The van der Waals surface area contributed by atoms with Crippen LogP contribution in [0.25, 0.3) is 11.3 Å². The molecule has 0 bridgehead atoms. The smallest absolute Gasteiger partial charge is 0.451 e. The van der Waals surface area contributed by atoms with Gasteiger partial charge in [0, 0.05) is 27.8 Å². The highest BCUT2D eigenvalue weighted by Gasteiger charge is 2.53. The summed E-state index contributed by atoms with van der Waals surface area (Å²) in [7, 11) is 1.12. The predicted molar refractivity (Wildman–Crippen MR) is 146 cm³/mol. The van der Waals surface area contributed by atoms with E-state index in [1.54, 1.807) is 4.90 Å². The summed E-state index contributed by atoms with van der Waals surface area (Å²) in [5.41, 5.74) is 4.04. The molecule has 3 aromatic rings. The Balaban J connectivity index is 1.40. The Bertz CT molecular complexity index is 1710. The third-order valence-corrected chi connectivity index (χ3v) is 9.21. The van der Waals surface area contributed by atoms with Gasteiger partial charge in [0.15, 0.2) is 17.3 Å². The fourth-order valence-corrected chi connectivity index (χ4v) is 6.84. The Kier molecular flexibility index (Phi) is 6.39. The number of hydrogen-bond donors (Lipinski definition) is 1. The van der Waals surface area contributed by atoms with Gasteiger partial charge in [-0.05, 0) is 42.5 Å². The average molecular weight is 598 g/mol. The second kappa shape index (κ2) is 10.0. The second-order valence-electron chi connectivity index (χ2n) is 10.6. The highest BCUT2D eigenvalue weighted by molar-refractivity contribution is 7.98. The molecule has 42 heavy (non-hydrogen) atoms. The highest BCUT2D eigenvalue weighted by atomic mass is 32.2. The Labute approximate surface area is 242 Å². The number of morpholine rings is 1. The number of carbonyl (C=O) groups excluding carboxylic acids is 2. The van der Waals surface area contributed by atoms with Crippen LogP contribution in [0, 0.1) is 11.6 Å². The Morgan fingerprint density at radius 2 is 2.00 bits per heavy atom. The van der Waals surface area contributed by atoms with Gasteiger partial charge in [0.2, 0.25) is 18.0 Å². The van der Waals surface area contributed by atoms with Gasteiger partial charge in [0.1, 0.15) is 6.17 Å². The predicted octanol–water partition coefficient (Wildman–Crippen LogP) is 4.00. The quantitative estimate of drug-likeness (QED) is 0.353. The van der Waals surface area contributed by atoms with Crippen LogP contribution < -0.4 is 15.6 Å². The van der Waals surface area contributed by atoms with Crippen LogP contribution in [0.4, 0.5) is 13.6 Å². The van der Waals surface area contributed by atoms with E-state index in [1.807, 2.05) is 24.3 Å². The lowest BCUT2D eigenvalue weighted by Gasteiger charge is -2.45. The first-order valence-electron chi connectivity index (χ1n) is 13.3. The second-order valence-corrected chi connectivity index (χ2v) is 11.6. The molecule has 1 atom stereocenters. The van der Waals surface area contributed by atoms with Gasteiger partial charge in [0.05, 0.1) is 31.6 Å². The zero-order valence-electron chi connectivity index (χ0n) is 22.4. The van der Waals surface area contributed by atoms with Crippen LogP contribution in [0.5, 0.6) is 5.75 Å². The van der Waals surface area contributed by atoms with Gasteiger partial charge in [-0.15, -0.1) is 11.8 Å². The maximum Gasteiger partial charge on any atom is 0.510 e. The molecular formula is C29H25F2N3O7S. The minimum Gasteiger partial charge on any atom is -0.451 e. The molecule has 1 spiro atoms. The number of halogens is 2. The molecule has 1 saturated heterocycles. The zero-order valence-corrected chi connectivity index (χ0v) is 23.2. The maximum absolute atomic E-state index is 15.2. The average Bonchev–Trinajstić information content (AvgIpc) is 3.78. The minimum absolute atomic E-state index is 0.151. The van der Waals surface area contributed by atoms with Gasteiger partial charge in [-0.25, -0.2) is 18.3 Å². The normalized spacial score (nSPS) is 19.5. The molecule has 0 unspecified atom stereocenters. The van der Waals surface area contributed by atoms with Crippen molar-refractivity contribution in [1.29, 1.82) is 0 Å². The minimum atomic E-state index is -1.07. The zero-order chi connectivity index (χ0) is 29.2. The van der Waals surface area contributed by atoms with Crippen molar-refractivity contribution >= 4 is 23.8 Å².